The molecule has 1 aliphatic heterocycles. The van der Waals surface area contributed by atoms with Crippen molar-refractivity contribution in [3.63, 3.8) is 0 Å². The molecule has 0 spiro atoms. The first-order valence-electron chi connectivity index (χ1n) is 14.4. The molecule has 0 fully saturated rings. The Morgan fingerprint density at radius 2 is 1.59 bits per heavy atom. The summed E-state index contributed by atoms with van der Waals surface area (Å²) in [4.78, 5) is 19.0. The number of ketones is 1. The van der Waals surface area contributed by atoms with Gasteiger partial charge in [0.25, 0.3) is 0 Å². The summed E-state index contributed by atoms with van der Waals surface area (Å²) in [5, 5.41) is 12.4. The Hall–Kier alpha value is -2.72. The number of carbonyl (C=O) groups excluding carboxylic acids is 1. The molecule has 0 saturated heterocycles. The van der Waals surface area contributed by atoms with E-state index in [9.17, 15) is 9.90 Å². The van der Waals surface area contributed by atoms with Crippen molar-refractivity contribution >= 4 is 28.3 Å². The summed E-state index contributed by atoms with van der Waals surface area (Å²) in [6, 6.07) is 23.0. The van der Waals surface area contributed by atoms with E-state index in [4.69, 9.17) is 4.98 Å². The second-order valence-electron chi connectivity index (χ2n) is 10.6. The number of carbonyl (C=O) groups is 1. The van der Waals surface area contributed by atoms with Gasteiger partial charge in [-0.15, -0.1) is 34.9 Å². The van der Waals surface area contributed by atoms with Crippen molar-refractivity contribution in [2.45, 2.75) is 77.0 Å². The first-order valence-corrected chi connectivity index (χ1v) is 15.3. The molecule has 217 valence electrons. The molecule has 41 heavy (non-hydrogen) atoms. The van der Waals surface area contributed by atoms with Gasteiger partial charge < -0.3 is 10.1 Å². The van der Waals surface area contributed by atoms with Gasteiger partial charge in [-0.05, 0) is 54.3 Å². The Labute approximate surface area is 263 Å². The Morgan fingerprint density at radius 3 is 2.22 bits per heavy atom. The number of aromatic nitrogens is 1. The number of hydrogen-bond acceptors (Lipinski definition) is 4. The zero-order valence-corrected chi connectivity index (χ0v) is 28.1. The van der Waals surface area contributed by atoms with Gasteiger partial charge >= 0.3 is 0 Å². The van der Waals surface area contributed by atoms with Crippen molar-refractivity contribution in [3.05, 3.63) is 89.8 Å². The van der Waals surface area contributed by atoms with Crippen LogP contribution < -0.4 is 0 Å². The molecule has 4 aromatic rings. The van der Waals surface area contributed by atoms with E-state index in [1.807, 2.05) is 45.7 Å². The second-order valence-corrected chi connectivity index (χ2v) is 11.6. The SMILES string of the molecule is CCC(CC)C(=O)/C=C(\O)C(CC)CC.Cc1[c-]c(-c2nccc3c2Sc2cccc4cccc-3c24)cc(C)c1.[Ir]. The van der Waals surface area contributed by atoms with Crippen molar-refractivity contribution in [2.75, 3.05) is 0 Å². The van der Waals surface area contributed by atoms with Crippen molar-refractivity contribution in [1.82, 2.24) is 4.98 Å². The first-order chi connectivity index (χ1) is 19.3. The van der Waals surface area contributed by atoms with E-state index in [-0.39, 0.29) is 43.5 Å². The van der Waals surface area contributed by atoms with Crippen LogP contribution in [0.3, 0.4) is 0 Å². The van der Waals surface area contributed by atoms with E-state index in [1.165, 1.54) is 43.3 Å². The van der Waals surface area contributed by atoms with Crippen LogP contribution in [0.2, 0.25) is 0 Å². The van der Waals surface area contributed by atoms with Crippen LogP contribution in [0, 0.1) is 31.7 Å². The van der Waals surface area contributed by atoms with Gasteiger partial charge in [0.05, 0.1) is 5.76 Å². The fourth-order valence-electron chi connectivity index (χ4n) is 5.48. The van der Waals surface area contributed by atoms with E-state index in [0.717, 1.165) is 42.5 Å². The number of pyridine rings is 1. The molecule has 5 rings (SSSR count). The number of allylic oxidation sites excluding steroid dienone is 2. The minimum Gasteiger partial charge on any atom is -0.512 e. The summed E-state index contributed by atoms with van der Waals surface area (Å²) in [5.74, 6) is 0.547. The molecule has 1 aromatic heterocycles. The van der Waals surface area contributed by atoms with Crippen LogP contribution in [0.25, 0.3) is 33.2 Å². The van der Waals surface area contributed by atoms with Gasteiger partial charge in [0.15, 0.2) is 5.78 Å². The number of hydrogen-bond donors (Lipinski definition) is 1. The average Bonchev–Trinajstić information content (AvgIpc) is 2.94. The topological polar surface area (TPSA) is 50.2 Å². The second kappa shape index (κ2) is 15.0. The Morgan fingerprint density at radius 1 is 0.927 bits per heavy atom. The smallest absolute Gasteiger partial charge is 0.162 e. The van der Waals surface area contributed by atoms with Crippen LogP contribution in [0.4, 0.5) is 0 Å². The summed E-state index contributed by atoms with van der Waals surface area (Å²) < 4.78 is 0. The first kappa shape index (κ1) is 32.8. The van der Waals surface area contributed by atoms with Crippen molar-refractivity contribution in [1.29, 1.82) is 0 Å². The standard InChI is InChI=1S/C23H16NS.C13H24O2.Ir/c1-14-11-15(2)13-17(12-14)22-23-19(9-10-24-22)18-7-3-5-16-6-4-8-20(25-23)21(16)18;1-5-10(6-2)12(14)9-13(15)11(7-3)8-4;/h3-12H,1-2H3;9-11,14H,5-8H2,1-4H3;/q-1;;/b;12-9-;. The molecule has 3 aromatic carbocycles. The van der Waals surface area contributed by atoms with Gasteiger partial charge in [0.2, 0.25) is 0 Å². The Balaban J connectivity index is 0.000000253. The van der Waals surface area contributed by atoms with Crippen LogP contribution in [0.1, 0.15) is 64.5 Å². The summed E-state index contributed by atoms with van der Waals surface area (Å²) in [6.07, 6.45) is 6.83. The molecule has 5 heteroatoms. The maximum absolute atomic E-state index is 11.7. The fourth-order valence-corrected chi connectivity index (χ4v) is 6.73. The molecule has 0 saturated carbocycles. The number of fused-ring (bicyclic) bond motifs is 2. The van der Waals surface area contributed by atoms with Crippen molar-refractivity contribution in [2.24, 2.45) is 11.8 Å². The van der Waals surface area contributed by atoms with Gasteiger partial charge in [-0.25, -0.2) is 0 Å². The van der Waals surface area contributed by atoms with E-state index in [2.05, 4.69) is 74.5 Å². The molecule has 3 nitrogen and oxygen atoms in total. The van der Waals surface area contributed by atoms with Crippen LogP contribution in [0.15, 0.2) is 82.4 Å². The monoisotopic (exact) mass is 743 g/mol. The molecule has 1 N–H and O–H groups in total. The Kier molecular flexibility index (Phi) is 12.0. The van der Waals surface area contributed by atoms with Gasteiger partial charge in [-0.2, -0.15) is 0 Å². The molecule has 1 radical (unpaired) electrons. The van der Waals surface area contributed by atoms with Crippen LogP contribution in [-0.2, 0) is 24.9 Å². The van der Waals surface area contributed by atoms with Gasteiger partial charge in [-0.1, -0.05) is 83.6 Å². The minimum absolute atomic E-state index is 0. The summed E-state index contributed by atoms with van der Waals surface area (Å²) >= 11 is 1.83. The number of nitrogens with zero attached hydrogens (tertiary/aromatic N) is 1. The van der Waals surface area contributed by atoms with Crippen LogP contribution in [-0.4, -0.2) is 15.9 Å². The normalized spacial score (nSPS) is 12.0. The van der Waals surface area contributed by atoms with Gasteiger partial charge in [0, 0.05) is 65.1 Å². The van der Waals surface area contributed by atoms with Crippen LogP contribution in [0.5, 0.6) is 0 Å². The minimum atomic E-state index is 0. The van der Waals surface area contributed by atoms with E-state index >= 15 is 0 Å². The zero-order valence-electron chi connectivity index (χ0n) is 24.9. The zero-order chi connectivity index (χ0) is 28.8. The molecule has 0 unspecified atom stereocenters. The predicted molar refractivity (Wildman–Crippen MR) is 169 cm³/mol. The molecule has 0 bridgehead atoms. The third kappa shape index (κ3) is 7.38. The maximum Gasteiger partial charge on any atom is 0.162 e. The molecule has 1 aliphatic rings. The third-order valence-corrected chi connectivity index (χ3v) is 8.94. The summed E-state index contributed by atoms with van der Waals surface area (Å²) in [6.45, 7) is 12.3. The van der Waals surface area contributed by atoms with Crippen LogP contribution >= 0.6 is 11.8 Å². The number of rotatable bonds is 8. The van der Waals surface area contributed by atoms with E-state index in [1.54, 1.807) is 0 Å². The van der Waals surface area contributed by atoms with E-state index in [0.29, 0.717) is 0 Å². The maximum atomic E-state index is 11.7. The number of benzene rings is 3. The molecule has 0 atom stereocenters. The van der Waals surface area contributed by atoms with Gasteiger partial charge in [-0.3, -0.25) is 4.79 Å². The summed E-state index contributed by atoms with van der Waals surface area (Å²) in [5.41, 5.74) is 7.07. The van der Waals surface area contributed by atoms with Crippen molar-refractivity contribution in [3.8, 4) is 22.4 Å². The third-order valence-electron chi connectivity index (χ3n) is 7.76. The fraction of sp³-hybridized carbons (Fsp3) is 0.333. The number of aliphatic hydroxyl groups excluding tert-OH is 1. The number of aryl methyl sites for hydroxylation is 2. The number of aliphatic hydroxyl groups is 1. The molecule has 0 amide bonds. The average molecular weight is 743 g/mol. The molecular weight excluding hydrogens is 703 g/mol. The quantitative estimate of drug-likeness (QED) is 0.0977. The largest absolute Gasteiger partial charge is 0.512 e. The molecule has 2 heterocycles. The Bertz CT molecular complexity index is 1510. The van der Waals surface area contributed by atoms with E-state index < -0.39 is 0 Å². The van der Waals surface area contributed by atoms with Gasteiger partial charge in [0.1, 0.15) is 0 Å². The summed E-state index contributed by atoms with van der Waals surface area (Å²) in [7, 11) is 0. The predicted octanol–water partition coefficient (Wildman–Crippen LogP) is 10.3. The molecular formula is C36H40IrNO2S-. The molecule has 0 aliphatic carbocycles. The van der Waals surface area contributed by atoms with Crippen molar-refractivity contribution < 1.29 is 30.0 Å².